The number of benzene rings is 2. The number of fused-ring (bicyclic) bond motifs is 1. The number of methoxy groups -OCH3 is 3. The molecule has 0 aromatic heterocycles. The number of carboxylic acid groups (broad SMARTS) is 1. The summed E-state index contributed by atoms with van der Waals surface area (Å²) >= 11 is 0. The van der Waals surface area contributed by atoms with Crippen molar-refractivity contribution in [2.24, 2.45) is 0 Å². The molecule has 2 aromatic rings. The van der Waals surface area contributed by atoms with Gasteiger partial charge < -0.3 is 48.1 Å². The Morgan fingerprint density at radius 1 is 0.932 bits per heavy atom. The number of nitrogens with zero attached hydrogens (tertiary/aromatic N) is 2. The minimum atomic E-state index is -1.08. The van der Waals surface area contributed by atoms with Gasteiger partial charge >= 0.3 is 12.1 Å². The lowest BCUT2D eigenvalue weighted by Gasteiger charge is -2.42. The maximum atomic E-state index is 12.1. The Morgan fingerprint density at radius 3 is 2.36 bits per heavy atom. The summed E-state index contributed by atoms with van der Waals surface area (Å²) in [4.78, 5) is 27.6. The van der Waals surface area contributed by atoms with Gasteiger partial charge in [-0.1, -0.05) is 18.2 Å². The summed E-state index contributed by atoms with van der Waals surface area (Å²) in [5.41, 5.74) is 2.83. The number of rotatable bonds is 16. The van der Waals surface area contributed by atoms with Crippen LogP contribution in [-0.2, 0) is 35.1 Å². The fourth-order valence-corrected chi connectivity index (χ4v) is 5.53. The van der Waals surface area contributed by atoms with Crippen LogP contribution in [0, 0.1) is 0 Å². The molecular weight excluding hydrogens is 572 g/mol. The normalized spacial score (nSPS) is 19.7. The third kappa shape index (κ3) is 9.21. The lowest BCUT2D eigenvalue weighted by atomic mass is 9.84. The number of anilines is 1. The zero-order valence-corrected chi connectivity index (χ0v) is 25.8. The first kappa shape index (κ1) is 33.3. The SMILES string of the molecule is COCCCOc1ccc([C@@H]2[C@@H](OCc3ccc4c(c3)N(CCCOC)CCO4)CN(C(=O)O)C[C@H]2OCC(=O)OC)cc1. The molecule has 0 spiro atoms. The van der Waals surface area contributed by atoms with Crippen LogP contribution in [0.2, 0.25) is 0 Å². The summed E-state index contributed by atoms with van der Waals surface area (Å²) < 4.78 is 39.3. The van der Waals surface area contributed by atoms with E-state index in [9.17, 15) is 14.7 Å². The summed E-state index contributed by atoms with van der Waals surface area (Å²) in [7, 11) is 4.64. The van der Waals surface area contributed by atoms with Crippen LogP contribution >= 0.6 is 0 Å². The lowest BCUT2D eigenvalue weighted by Crippen LogP contribution is -2.54. The Bertz CT molecular complexity index is 1190. The molecule has 4 rings (SSSR count). The van der Waals surface area contributed by atoms with Gasteiger partial charge in [0.15, 0.2) is 0 Å². The molecule has 2 aliphatic heterocycles. The molecule has 0 aliphatic carbocycles. The molecule has 1 saturated heterocycles. The molecule has 2 aliphatic rings. The molecule has 1 fully saturated rings. The van der Waals surface area contributed by atoms with Gasteiger partial charge in [-0.15, -0.1) is 0 Å². The average Bonchev–Trinajstić information content (AvgIpc) is 3.04. The van der Waals surface area contributed by atoms with Gasteiger partial charge in [0.1, 0.15) is 24.7 Å². The van der Waals surface area contributed by atoms with Crippen molar-refractivity contribution in [3.63, 3.8) is 0 Å². The molecule has 12 heteroatoms. The van der Waals surface area contributed by atoms with E-state index in [1.165, 1.54) is 12.0 Å². The van der Waals surface area contributed by atoms with Crippen molar-refractivity contribution >= 4 is 17.7 Å². The zero-order chi connectivity index (χ0) is 31.3. The number of hydrogen-bond donors (Lipinski definition) is 1. The van der Waals surface area contributed by atoms with Crippen molar-refractivity contribution in [1.29, 1.82) is 0 Å². The molecule has 2 heterocycles. The first-order valence-electron chi connectivity index (χ1n) is 14.9. The Hall–Kier alpha value is -3.58. The van der Waals surface area contributed by atoms with Crippen molar-refractivity contribution < 1.29 is 47.9 Å². The first-order chi connectivity index (χ1) is 21.4. The van der Waals surface area contributed by atoms with E-state index in [0.29, 0.717) is 32.2 Å². The predicted molar refractivity (Wildman–Crippen MR) is 162 cm³/mol. The highest BCUT2D eigenvalue weighted by atomic mass is 16.6. The zero-order valence-electron chi connectivity index (χ0n) is 25.8. The highest BCUT2D eigenvalue weighted by molar-refractivity contribution is 5.70. The maximum Gasteiger partial charge on any atom is 0.407 e. The smallest absolute Gasteiger partial charge is 0.407 e. The molecule has 0 radical (unpaired) electrons. The summed E-state index contributed by atoms with van der Waals surface area (Å²) in [5, 5.41) is 9.92. The second-order valence-corrected chi connectivity index (χ2v) is 10.7. The highest BCUT2D eigenvalue weighted by Crippen LogP contribution is 2.36. The third-order valence-corrected chi connectivity index (χ3v) is 7.77. The Balaban J connectivity index is 1.54. The van der Waals surface area contributed by atoms with Crippen LogP contribution < -0.4 is 14.4 Å². The molecule has 1 amide bonds. The van der Waals surface area contributed by atoms with Gasteiger partial charge in [-0.05, 0) is 41.8 Å². The molecule has 2 aromatic carbocycles. The van der Waals surface area contributed by atoms with Gasteiger partial charge in [-0.3, -0.25) is 0 Å². The van der Waals surface area contributed by atoms with Crippen LogP contribution in [0.15, 0.2) is 42.5 Å². The molecule has 1 N–H and O–H groups in total. The minimum Gasteiger partial charge on any atom is -0.494 e. The number of likely N-dealkylation sites (tertiary alicyclic amines) is 1. The van der Waals surface area contributed by atoms with Crippen LogP contribution in [0.3, 0.4) is 0 Å². The number of esters is 1. The molecule has 0 bridgehead atoms. The van der Waals surface area contributed by atoms with E-state index in [-0.39, 0.29) is 32.2 Å². The van der Waals surface area contributed by atoms with Gasteiger partial charge in [0.25, 0.3) is 0 Å². The quantitative estimate of drug-likeness (QED) is 0.220. The largest absolute Gasteiger partial charge is 0.494 e. The Labute approximate surface area is 258 Å². The summed E-state index contributed by atoms with van der Waals surface area (Å²) in [6.45, 7) is 4.23. The minimum absolute atomic E-state index is 0.0821. The topological polar surface area (TPSA) is 125 Å². The van der Waals surface area contributed by atoms with E-state index >= 15 is 0 Å². The molecule has 0 unspecified atom stereocenters. The number of amides is 1. The summed E-state index contributed by atoms with van der Waals surface area (Å²) in [6, 6.07) is 13.6. The van der Waals surface area contributed by atoms with E-state index in [0.717, 1.165) is 48.5 Å². The van der Waals surface area contributed by atoms with E-state index in [4.69, 9.17) is 33.2 Å². The van der Waals surface area contributed by atoms with Crippen molar-refractivity contribution in [3.05, 3.63) is 53.6 Å². The third-order valence-electron chi connectivity index (χ3n) is 7.77. The van der Waals surface area contributed by atoms with Gasteiger partial charge in [0.2, 0.25) is 0 Å². The molecule has 242 valence electrons. The molecular formula is C32H44N2O10. The van der Waals surface area contributed by atoms with Crippen molar-refractivity contribution in [3.8, 4) is 11.5 Å². The van der Waals surface area contributed by atoms with Crippen molar-refractivity contribution in [1.82, 2.24) is 4.90 Å². The van der Waals surface area contributed by atoms with Gasteiger partial charge in [-0.2, -0.15) is 0 Å². The number of carbonyl (C=O) groups is 2. The van der Waals surface area contributed by atoms with E-state index in [1.54, 1.807) is 14.2 Å². The molecule has 12 nitrogen and oxygen atoms in total. The van der Waals surface area contributed by atoms with Gasteiger partial charge in [-0.25, -0.2) is 9.59 Å². The van der Waals surface area contributed by atoms with E-state index in [1.807, 2.05) is 36.4 Å². The van der Waals surface area contributed by atoms with Gasteiger partial charge in [0, 0.05) is 46.3 Å². The average molecular weight is 617 g/mol. The van der Waals surface area contributed by atoms with Crippen LogP contribution in [0.1, 0.15) is 29.9 Å². The van der Waals surface area contributed by atoms with Crippen LogP contribution in [0.4, 0.5) is 10.5 Å². The number of piperidine rings is 1. The molecule has 0 saturated carbocycles. The fraction of sp³-hybridized carbons (Fsp3) is 0.562. The number of ether oxygens (including phenoxy) is 7. The first-order valence-corrected chi connectivity index (χ1v) is 14.9. The Morgan fingerprint density at radius 2 is 1.66 bits per heavy atom. The van der Waals surface area contributed by atoms with Crippen LogP contribution in [-0.4, -0.2) is 115 Å². The second kappa shape index (κ2) is 17.0. The Kier molecular flexibility index (Phi) is 12.9. The second-order valence-electron chi connectivity index (χ2n) is 10.7. The highest BCUT2D eigenvalue weighted by Gasteiger charge is 2.41. The maximum absolute atomic E-state index is 12.1. The monoisotopic (exact) mass is 616 g/mol. The summed E-state index contributed by atoms with van der Waals surface area (Å²) in [6.07, 6.45) is -0.617. The molecule has 44 heavy (non-hydrogen) atoms. The van der Waals surface area contributed by atoms with E-state index < -0.39 is 24.3 Å². The fourth-order valence-electron chi connectivity index (χ4n) is 5.53. The predicted octanol–water partition coefficient (Wildman–Crippen LogP) is 3.56. The van der Waals surface area contributed by atoms with E-state index in [2.05, 4.69) is 11.0 Å². The lowest BCUT2D eigenvalue weighted by molar-refractivity contribution is -0.152. The summed E-state index contributed by atoms with van der Waals surface area (Å²) in [5.74, 6) is 0.638. The standard InChI is InChI=1S/C32H44N2O10/c1-38-14-4-12-33-13-17-42-27-11-6-23(18-26(27)33)21-43-28-19-34(32(36)37)20-29(44-22-30(35)40-3)31(28)24-7-9-25(10-8-24)41-16-5-15-39-2/h6-11,18,28-29,31H,4-5,12-17,19-22H2,1-3H3,(H,36,37)/t28-,29+,31+/m0/s1. The number of hydrogen-bond acceptors (Lipinski definition) is 10. The van der Waals surface area contributed by atoms with Crippen LogP contribution in [0.25, 0.3) is 0 Å². The van der Waals surface area contributed by atoms with Crippen LogP contribution in [0.5, 0.6) is 11.5 Å². The molecule has 3 atom stereocenters. The van der Waals surface area contributed by atoms with Crippen molar-refractivity contribution in [2.45, 2.75) is 37.6 Å². The van der Waals surface area contributed by atoms with Crippen molar-refractivity contribution in [2.75, 3.05) is 85.4 Å². The number of carbonyl (C=O) groups excluding carboxylic acids is 1. The van der Waals surface area contributed by atoms with Gasteiger partial charge in [0.05, 0.1) is 57.9 Å².